The fourth-order valence-corrected chi connectivity index (χ4v) is 3.65. The number of fused-ring (bicyclic) bond motifs is 2. The first-order valence-electron chi connectivity index (χ1n) is 6.00. The molecule has 2 aliphatic heterocycles. The standard InChI is InChI=1S/C11H14F3N3S/c12-11(13,14)7-17-8-1-2-9(17)6-16(5-8)10-15-3-4-18-10/h3-4,8-9H,1-2,5-7H2. The first kappa shape index (κ1) is 12.2. The number of nitrogens with zero attached hydrogens (tertiary/aromatic N) is 3. The van der Waals surface area contributed by atoms with Crippen molar-refractivity contribution >= 4 is 16.5 Å². The van der Waals surface area contributed by atoms with Crippen LogP contribution in [0.4, 0.5) is 18.3 Å². The Balaban J connectivity index is 1.71. The Hall–Kier alpha value is -0.820. The third-order valence-corrected chi connectivity index (χ3v) is 4.52. The summed E-state index contributed by atoms with van der Waals surface area (Å²) in [6.07, 6.45) is -0.626. The normalized spacial score (nSPS) is 28.9. The first-order valence-corrected chi connectivity index (χ1v) is 6.88. The van der Waals surface area contributed by atoms with Crippen molar-refractivity contribution in [3.63, 3.8) is 0 Å². The Bertz CT molecular complexity index is 392. The average molecular weight is 277 g/mol. The second-order valence-corrected chi connectivity index (χ2v) is 5.77. The topological polar surface area (TPSA) is 19.4 Å². The molecule has 18 heavy (non-hydrogen) atoms. The molecular formula is C11H14F3N3S. The Labute approximate surface area is 107 Å². The average Bonchev–Trinajstić information content (AvgIpc) is 2.85. The molecule has 0 aliphatic carbocycles. The number of halogens is 3. The van der Waals surface area contributed by atoms with Crippen LogP contribution >= 0.6 is 11.3 Å². The number of alkyl halides is 3. The molecular weight excluding hydrogens is 263 g/mol. The molecule has 1 aromatic rings. The fourth-order valence-electron chi connectivity index (χ4n) is 2.98. The molecule has 0 saturated carbocycles. The van der Waals surface area contributed by atoms with Crippen molar-refractivity contribution in [3.8, 4) is 0 Å². The van der Waals surface area contributed by atoms with Gasteiger partial charge >= 0.3 is 6.18 Å². The molecule has 2 fully saturated rings. The minimum Gasteiger partial charge on any atom is -0.345 e. The summed E-state index contributed by atoms with van der Waals surface area (Å²) < 4.78 is 37.6. The van der Waals surface area contributed by atoms with E-state index in [9.17, 15) is 13.2 Å². The van der Waals surface area contributed by atoms with Gasteiger partial charge in [0.15, 0.2) is 5.13 Å². The Morgan fingerprint density at radius 3 is 2.44 bits per heavy atom. The molecule has 2 atom stereocenters. The van der Waals surface area contributed by atoms with Crippen molar-refractivity contribution in [3.05, 3.63) is 11.6 Å². The first-order chi connectivity index (χ1) is 8.53. The zero-order chi connectivity index (χ0) is 12.8. The van der Waals surface area contributed by atoms with E-state index in [1.807, 2.05) is 5.38 Å². The summed E-state index contributed by atoms with van der Waals surface area (Å²) in [6, 6.07) is 0.0450. The molecule has 100 valence electrons. The molecule has 0 radical (unpaired) electrons. The van der Waals surface area contributed by atoms with Crippen molar-refractivity contribution in [2.45, 2.75) is 31.1 Å². The van der Waals surface area contributed by atoms with E-state index < -0.39 is 12.7 Å². The minimum atomic E-state index is -4.09. The molecule has 0 aromatic carbocycles. The second-order valence-electron chi connectivity index (χ2n) is 4.89. The summed E-state index contributed by atoms with van der Waals surface area (Å²) in [5, 5.41) is 2.83. The van der Waals surface area contributed by atoms with Crippen LogP contribution in [0.5, 0.6) is 0 Å². The van der Waals surface area contributed by atoms with Gasteiger partial charge in [-0.25, -0.2) is 4.98 Å². The highest BCUT2D eigenvalue weighted by Crippen LogP contribution is 2.35. The number of piperazine rings is 1. The lowest BCUT2D eigenvalue weighted by Gasteiger charge is -2.41. The SMILES string of the molecule is FC(F)(F)CN1C2CCC1CN(c1nccs1)C2. The van der Waals surface area contributed by atoms with Gasteiger partial charge < -0.3 is 4.90 Å². The molecule has 0 amide bonds. The largest absolute Gasteiger partial charge is 0.401 e. The Morgan fingerprint density at radius 2 is 1.94 bits per heavy atom. The number of anilines is 1. The molecule has 2 saturated heterocycles. The zero-order valence-electron chi connectivity index (χ0n) is 9.73. The third-order valence-electron chi connectivity index (χ3n) is 3.69. The fraction of sp³-hybridized carbons (Fsp3) is 0.727. The van der Waals surface area contributed by atoms with E-state index in [2.05, 4.69) is 9.88 Å². The number of aromatic nitrogens is 1. The van der Waals surface area contributed by atoms with Crippen LogP contribution in [0.15, 0.2) is 11.6 Å². The lowest BCUT2D eigenvalue weighted by Crippen LogP contribution is -2.56. The highest BCUT2D eigenvalue weighted by molar-refractivity contribution is 7.13. The molecule has 1 aromatic heterocycles. The Morgan fingerprint density at radius 1 is 1.28 bits per heavy atom. The number of rotatable bonds is 2. The molecule has 3 rings (SSSR count). The van der Waals surface area contributed by atoms with Crippen molar-refractivity contribution in [2.24, 2.45) is 0 Å². The highest BCUT2D eigenvalue weighted by Gasteiger charge is 2.45. The summed E-state index contributed by atoms with van der Waals surface area (Å²) in [5.74, 6) is 0. The molecule has 0 N–H and O–H groups in total. The summed E-state index contributed by atoms with van der Waals surface area (Å²) >= 11 is 1.55. The van der Waals surface area contributed by atoms with Crippen molar-refractivity contribution in [1.29, 1.82) is 0 Å². The smallest absolute Gasteiger partial charge is 0.345 e. The van der Waals surface area contributed by atoms with Gasteiger partial charge in [-0.2, -0.15) is 13.2 Å². The predicted octanol–water partition coefficient (Wildman–Crippen LogP) is 2.36. The van der Waals surface area contributed by atoms with Crippen molar-refractivity contribution in [2.75, 3.05) is 24.5 Å². The molecule has 3 heterocycles. The van der Waals surface area contributed by atoms with Crippen LogP contribution in [-0.2, 0) is 0 Å². The summed E-state index contributed by atoms with van der Waals surface area (Å²) in [5.41, 5.74) is 0. The van der Waals surface area contributed by atoms with Crippen LogP contribution in [0.3, 0.4) is 0 Å². The van der Waals surface area contributed by atoms with Crippen LogP contribution in [0, 0.1) is 0 Å². The molecule has 3 nitrogen and oxygen atoms in total. The zero-order valence-corrected chi connectivity index (χ0v) is 10.5. The molecule has 2 aliphatic rings. The second kappa shape index (κ2) is 4.38. The van der Waals surface area contributed by atoms with Crippen LogP contribution in [0.1, 0.15) is 12.8 Å². The van der Waals surface area contributed by atoms with E-state index >= 15 is 0 Å². The van der Waals surface area contributed by atoms with Gasteiger partial charge in [0.05, 0.1) is 6.54 Å². The van der Waals surface area contributed by atoms with Crippen LogP contribution in [0.2, 0.25) is 0 Å². The van der Waals surface area contributed by atoms with Crippen LogP contribution in [0.25, 0.3) is 0 Å². The summed E-state index contributed by atoms with van der Waals surface area (Å²) in [7, 11) is 0. The van der Waals surface area contributed by atoms with Gasteiger partial charge in [0.25, 0.3) is 0 Å². The van der Waals surface area contributed by atoms with E-state index in [1.165, 1.54) is 0 Å². The van der Waals surface area contributed by atoms with Gasteiger partial charge in [-0.3, -0.25) is 4.90 Å². The number of hydrogen-bond donors (Lipinski definition) is 0. The van der Waals surface area contributed by atoms with Gasteiger partial charge in [-0.15, -0.1) is 11.3 Å². The van der Waals surface area contributed by atoms with E-state index in [0.29, 0.717) is 13.1 Å². The lowest BCUT2D eigenvalue weighted by molar-refractivity contribution is -0.153. The quantitative estimate of drug-likeness (QED) is 0.827. The predicted molar refractivity (Wildman–Crippen MR) is 63.9 cm³/mol. The molecule has 0 spiro atoms. The maximum Gasteiger partial charge on any atom is 0.401 e. The maximum absolute atomic E-state index is 12.5. The molecule has 7 heteroatoms. The Kier molecular flexibility index (Phi) is 2.97. The van der Waals surface area contributed by atoms with Gasteiger partial charge in [-0.05, 0) is 12.8 Å². The van der Waals surface area contributed by atoms with E-state index in [-0.39, 0.29) is 12.1 Å². The van der Waals surface area contributed by atoms with Crippen molar-refractivity contribution < 1.29 is 13.2 Å². The van der Waals surface area contributed by atoms with Crippen LogP contribution in [-0.4, -0.2) is 47.8 Å². The van der Waals surface area contributed by atoms with Gasteiger partial charge in [-0.1, -0.05) is 0 Å². The minimum absolute atomic E-state index is 0.0225. The summed E-state index contributed by atoms with van der Waals surface area (Å²) in [6.45, 7) is 0.564. The number of thiazole rings is 1. The van der Waals surface area contributed by atoms with Crippen molar-refractivity contribution in [1.82, 2.24) is 9.88 Å². The van der Waals surface area contributed by atoms with Gasteiger partial charge in [0.1, 0.15) is 0 Å². The van der Waals surface area contributed by atoms with Gasteiger partial charge in [0.2, 0.25) is 0 Å². The summed E-state index contributed by atoms with van der Waals surface area (Å²) in [4.78, 5) is 7.99. The lowest BCUT2D eigenvalue weighted by atomic mass is 10.2. The number of hydrogen-bond acceptors (Lipinski definition) is 4. The monoisotopic (exact) mass is 277 g/mol. The molecule has 2 unspecified atom stereocenters. The van der Waals surface area contributed by atoms with Crippen LogP contribution < -0.4 is 4.90 Å². The van der Waals surface area contributed by atoms with E-state index in [4.69, 9.17) is 0 Å². The van der Waals surface area contributed by atoms with Gasteiger partial charge in [0, 0.05) is 36.8 Å². The molecule has 2 bridgehead atoms. The van der Waals surface area contributed by atoms with E-state index in [1.54, 1.807) is 22.4 Å². The third kappa shape index (κ3) is 2.33. The maximum atomic E-state index is 12.5. The van der Waals surface area contributed by atoms with E-state index in [0.717, 1.165) is 18.0 Å². The highest BCUT2D eigenvalue weighted by atomic mass is 32.1.